The highest BCUT2D eigenvalue weighted by atomic mass is 16.5. The molecule has 0 aromatic heterocycles. The van der Waals surface area contributed by atoms with Crippen LogP contribution < -0.4 is 10.1 Å². The maximum absolute atomic E-state index is 5.65. The van der Waals surface area contributed by atoms with Gasteiger partial charge in [-0.25, -0.2) is 0 Å². The summed E-state index contributed by atoms with van der Waals surface area (Å²) in [5, 5.41) is 3.49. The Bertz CT molecular complexity index is 339. The first kappa shape index (κ1) is 14.3. The van der Waals surface area contributed by atoms with E-state index in [2.05, 4.69) is 17.1 Å². The molecule has 2 rings (SSSR count). The zero-order valence-electron chi connectivity index (χ0n) is 11.7. The van der Waals surface area contributed by atoms with Crippen LogP contribution in [0.2, 0.25) is 0 Å². The van der Waals surface area contributed by atoms with Crippen LogP contribution in [0.25, 0.3) is 0 Å². The van der Waals surface area contributed by atoms with Crippen molar-refractivity contribution in [3.63, 3.8) is 0 Å². The van der Waals surface area contributed by atoms with Crippen molar-refractivity contribution < 1.29 is 9.47 Å². The molecule has 1 aromatic carbocycles. The van der Waals surface area contributed by atoms with Crippen LogP contribution in [0.15, 0.2) is 30.3 Å². The second-order valence-corrected chi connectivity index (χ2v) is 4.93. The fourth-order valence-electron chi connectivity index (χ4n) is 2.23. The summed E-state index contributed by atoms with van der Waals surface area (Å²) in [5.41, 5.74) is 0. The number of rotatable bonds is 7. The van der Waals surface area contributed by atoms with E-state index >= 15 is 0 Å². The molecule has 4 nitrogen and oxygen atoms in total. The molecule has 1 aliphatic rings. The van der Waals surface area contributed by atoms with Gasteiger partial charge in [-0.05, 0) is 19.1 Å². The quantitative estimate of drug-likeness (QED) is 0.754. The van der Waals surface area contributed by atoms with Gasteiger partial charge in [0.2, 0.25) is 0 Å². The average molecular weight is 264 g/mol. The van der Waals surface area contributed by atoms with E-state index in [0.29, 0.717) is 12.6 Å². The second kappa shape index (κ2) is 8.15. The van der Waals surface area contributed by atoms with Crippen LogP contribution in [0.3, 0.4) is 0 Å². The predicted molar refractivity (Wildman–Crippen MR) is 76.7 cm³/mol. The first-order chi connectivity index (χ1) is 9.34. The molecule has 1 aromatic rings. The third-order valence-corrected chi connectivity index (χ3v) is 3.24. The SMILES string of the molecule is CC(CN1CCOCC1)NCCOc1ccccc1. The van der Waals surface area contributed by atoms with E-state index in [0.717, 1.165) is 45.1 Å². The van der Waals surface area contributed by atoms with Crippen molar-refractivity contribution in [1.29, 1.82) is 0 Å². The van der Waals surface area contributed by atoms with Gasteiger partial charge < -0.3 is 14.8 Å². The van der Waals surface area contributed by atoms with E-state index in [1.54, 1.807) is 0 Å². The van der Waals surface area contributed by atoms with Crippen molar-refractivity contribution in [3.8, 4) is 5.75 Å². The van der Waals surface area contributed by atoms with Crippen LogP contribution in [0.4, 0.5) is 0 Å². The molecule has 1 unspecified atom stereocenters. The Kier molecular flexibility index (Phi) is 6.14. The number of morpholine rings is 1. The lowest BCUT2D eigenvalue weighted by atomic mass is 10.3. The molecule has 1 fully saturated rings. The fourth-order valence-corrected chi connectivity index (χ4v) is 2.23. The Morgan fingerprint density at radius 3 is 2.74 bits per heavy atom. The summed E-state index contributed by atoms with van der Waals surface area (Å²) in [6.45, 7) is 8.71. The van der Waals surface area contributed by atoms with Crippen molar-refractivity contribution in [1.82, 2.24) is 10.2 Å². The summed E-state index contributed by atoms with van der Waals surface area (Å²) < 4.78 is 11.0. The molecule has 0 bridgehead atoms. The standard InChI is InChI=1S/C15H24N2O2/c1-14(13-17-8-11-18-12-9-17)16-7-10-19-15-5-3-2-4-6-15/h2-6,14,16H,7-13H2,1H3. The lowest BCUT2D eigenvalue weighted by Crippen LogP contribution is -2.45. The molecule has 1 saturated heterocycles. The third-order valence-electron chi connectivity index (χ3n) is 3.24. The normalized spacial score (nSPS) is 18.2. The van der Waals surface area contributed by atoms with Gasteiger partial charge in [0.1, 0.15) is 12.4 Å². The van der Waals surface area contributed by atoms with E-state index in [-0.39, 0.29) is 0 Å². The Hall–Kier alpha value is -1.10. The highest BCUT2D eigenvalue weighted by Gasteiger charge is 2.12. The van der Waals surface area contributed by atoms with Gasteiger partial charge in [0.25, 0.3) is 0 Å². The molecule has 1 atom stereocenters. The van der Waals surface area contributed by atoms with Crippen molar-refractivity contribution in [2.75, 3.05) is 46.0 Å². The Morgan fingerprint density at radius 1 is 1.26 bits per heavy atom. The van der Waals surface area contributed by atoms with E-state index in [1.807, 2.05) is 30.3 Å². The first-order valence-corrected chi connectivity index (χ1v) is 7.06. The van der Waals surface area contributed by atoms with Crippen LogP contribution in [-0.2, 0) is 4.74 Å². The number of ether oxygens (including phenoxy) is 2. The van der Waals surface area contributed by atoms with Gasteiger partial charge in [-0.15, -0.1) is 0 Å². The smallest absolute Gasteiger partial charge is 0.119 e. The molecule has 19 heavy (non-hydrogen) atoms. The number of hydrogen-bond donors (Lipinski definition) is 1. The first-order valence-electron chi connectivity index (χ1n) is 7.06. The van der Waals surface area contributed by atoms with Gasteiger partial charge in [-0.3, -0.25) is 4.90 Å². The molecule has 4 heteroatoms. The summed E-state index contributed by atoms with van der Waals surface area (Å²) in [4.78, 5) is 2.44. The largest absolute Gasteiger partial charge is 0.492 e. The number of nitrogens with zero attached hydrogens (tertiary/aromatic N) is 1. The van der Waals surface area contributed by atoms with Crippen LogP contribution >= 0.6 is 0 Å². The Morgan fingerprint density at radius 2 is 2.00 bits per heavy atom. The van der Waals surface area contributed by atoms with E-state index < -0.39 is 0 Å². The average Bonchev–Trinajstić information content (AvgIpc) is 2.46. The summed E-state index contributed by atoms with van der Waals surface area (Å²) in [6.07, 6.45) is 0. The summed E-state index contributed by atoms with van der Waals surface area (Å²) in [6, 6.07) is 10.4. The van der Waals surface area contributed by atoms with E-state index in [4.69, 9.17) is 9.47 Å². The zero-order valence-corrected chi connectivity index (χ0v) is 11.7. The molecule has 0 spiro atoms. The van der Waals surface area contributed by atoms with E-state index in [9.17, 15) is 0 Å². The highest BCUT2D eigenvalue weighted by Crippen LogP contribution is 2.07. The molecule has 1 heterocycles. The number of benzene rings is 1. The fraction of sp³-hybridized carbons (Fsp3) is 0.600. The zero-order chi connectivity index (χ0) is 13.3. The number of hydrogen-bond acceptors (Lipinski definition) is 4. The van der Waals surface area contributed by atoms with Gasteiger partial charge in [0.15, 0.2) is 0 Å². The molecule has 1 N–H and O–H groups in total. The lowest BCUT2D eigenvalue weighted by Gasteiger charge is -2.29. The minimum atomic E-state index is 0.484. The van der Waals surface area contributed by atoms with E-state index in [1.165, 1.54) is 0 Å². The van der Waals surface area contributed by atoms with Crippen molar-refractivity contribution in [3.05, 3.63) is 30.3 Å². The van der Waals surface area contributed by atoms with Crippen LogP contribution in [-0.4, -0.2) is 56.9 Å². The molecular formula is C15H24N2O2. The molecule has 106 valence electrons. The van der Waals surface area contributed by atoms with Gasteiger partial charge in [0.05, 0.1) is 13.2 Å². The molecule has 0 amide bonds. The molecule has 1 aliphatic heterocycles. The van der Waals surface area contributed by atoms with Gasteiger partial charge in [-0.1, -0.05) is 18.2 Å². The number of para-hydroxylation sites is 1. The minimum Gasteiger partial charge on any atom is -0.492 e. The molecule has 0 radical (unpaired) electrons. The van der Waals surface area contributed by atoms with Crippen molar-refractivity contribution >= 4 is 0 Å². The van der Waals surface area contributed by atoms with Crippen molar-refractivity contribution in [2.45, 2.75) is 13.0 Å². The maximum Gasteiger partial charge on any atom is 0.119 e. The molecule has 0 saturated carbocycles. The third kappa shape index (κ3) is 5.59. The van der Waals surface area contributed by atoms with Gasteiger partial charge >= 0.3 is 0 Å². The lowest BCUT2D eigenvalue weighted by molar-refractivity contribution is 0.0342. The Balaban J connectivity index is 1.55. The summed E-state index contributed by atoms with van der Waals surface area (Å²) in [5.74, 6) is 0.935. The van der Waals surface area contributed by atoms with Crippen LogP contribution in [0, 0.1) is 0 Å². The highest BCUT2D eigenvalue weighted by molar-refractivity contribution is 5.20. The van der Waals surface area contributed by atoms with Crippen LogP contribution in [0.5, 0.6) is 5.75 Å². The molecule has 0 aliphatic carbocycles. The predicted octanol–water partition coefficient (Wildman–Crippen LogP) is 1.38. The second-order valence-electron chi connectivity index (χ2n) is 4.93. The summed E-state index contributed by atoms with van der Waals surface area (Å²) in [7, 11) is 0. The monoisotopic (exact) mass is 264 g/mol. The summed E-state index contributed by atoms with van der Waals surface area (Å²) >= 11 is 0. The topological polar surface area (TPSA) is 33.7 Å². The maximum atomic E-state index is 5.65. The Labute approximate surface area is 115 Å². The number of nitrogens with one attached hydrogen (secondary N) is 1. The van der Waals surface area contributed by atoms with Gasteiger partial charge in [-0.2, -0.15) is 0 Å². The van der Waals surface area contributed by atoms with Crippen molar-refractivity contribution in [2.24, 2.45) is 0 Å². The van der Waals surface area contributed by atoms with Crippen LogP contribution in [0.1, 0.15) is 6.92 Å². The minimum absolute atomic E-state index is 0.484. The van der Waals surface area contributed by atoms with Gasteiger partial charge in [0, 0.05) is 32.2 Å². The molecular weight excluding hydrogens is 240 g/mol.